The van der Waals surface area contributed by atoms with E-state index >= 15 is 0 Å². The Kier molecular flexibility index (Phi) is 53.4. The van der Waals surface area contributed by atoms with Crippen LogP contribution >= 0.6 is 0 Å². The van der Waals surface area contributed by atoms with E-state index in [1.165, 1.54) is 107 Å². The van der Waals surface area contributed by atoms with E-state index in [1.54, 1.807) is 0 Å². The zero-order valence-corrected chi connectivity index (χ0v) is 66.4. The predicted octanol–water partition coefficient (Wildman–Crippen LogP) is 1.23. The highest BCUT2D eigenvalue weighted by molar-refractivity contribution is 5.91. The molecule has 0 radical (unpaired) electrons. The maximum atomic E-state index is 13.2. The van der Waals surface area contributed by atoms with Gasteiger partial charge in [-0.3, -0.25) is 38.4 Å². The fraction of sp³-hybridized carbons (Fsp3) is 0.659. The van der Waals surface area contributed by atoms with E-state index in [1.807, 2.05) is 31.3 Å². The first-order valence-corrected chi connectivity index (χ1v) is 39.7. The number of anilines is 1. The van der Waals surface area contributed by atoms with Crippen molar-refractivity contribution >= 4 is 81.9 Å². The molecule has 0 saturated heterocycles. The number of rotatable bonds is 57. The molecule has 1 aliphatic carbocycles. The number of carboxylic acid groups (broad SMARTS) is 4. The van der Waals surface area contributed by atoms with E-state index in [2.05, 4.69) is 108 Å². The van der Waals surface area contributed by atoms with Crippen molar-refractivity contribution in [1.82, 2.24) is 21.3 Å². The van der Waals surface area contributed by atoms with Gasteiger partial charge >= 0.3 is 0 Å². The quantitative estimate of drug-likeness (QED) is 0.0416. The summed E-state index contributed by atoms with van der Waals surface area (Å²) in [6.45, 7) is 23.9. The molecule has 1 heterocycles. The number of ketones is 4. The van der Waals surface area contributed by atoms with Crippen molar-refractivity contribution < 1.29 is 99.6 Å². The van der Waals surface area contributed by atoms with Gasteiger partial charge < -0.3 is 93.6 Å². The predicted molar refractivity (Wildman–Crippen MR) is 409 cm³/mol. The molecule has 0 fully saturated rings. The second-order valence-corrected chi connectivity index (χ2v) is 29.5. The van der Waals surface area contributed by atoms with Gasteiger partial charge in [-0.2, -0.15) is 0 Å². The van der Waals surface area contributed by atoms with Crippen LogP contribution in [0.25, 0.3) is 5.57 Å². The third-order valence-corrected chi connectivity index (χ3v) is 18.8. The number of unbranched alkanes of at least 4 members (excludes halogenated alkanes) is 11. The largest absolute Gasteiger partial charge is 0.550 e. The first-order chi connectivity index (χ1) is 51.3. The Morgan fingerprint density at radius 2 is 1.19 bits per heavy atom. The van der Waals surface area contributed by atoms with Crippen molar-refractivity contribution in [3.63, 3.8) is 0 Å². The number of aliphatic carboxylic acids is 4. The molecular weight excluding hydrogens is 1380 g/mol. The fourth-order valence-electron chi connectivity index (χ4n) is 12.8. The highest BCUT2D eigenvalue weighted by Crippen LogP contribution is 2.37. The number of nitrogens with two attached hydrogens (primary N) is 4. The van der Waals surface area contributed by atoms with Crippen LogP contribution < -0.4 is 74.4 Å². The van der Waals surface area contributed by atoms with Crippen LogP contribution in [-0.2, 0) is 64.0 Å². The van der Waals surface area contributed by atoms with Gasteiger partial charge in [0.1, 0.15) is 12.3 Å². The molecule has 0 spiro atoms. The summed E-state index contributed by atoms with van der Waals surface area (Å²) < 4.78 is 0. The molecule has 2 aliphatic rings. The lowest BCUT2D eigenvalue weighted by Gasteiger charge is -2.20. The first kappa shape index (κ1) is 98.0. The number of carbonyl (C=O) groups is 12. The lowest BCUT2D eigenvalue weighted by atomic mass is 9.87. The average molecular weight is 1520 g/mol. The van der Waals surface area contributed by atoms with Crippen molar-refractivity contribution in [2.24, 2.45) is 11.7 Å². The lowest BCUT2D eigenvalue weighted by molar-refractivity contribution is -0.694. The van der Waals surface area contributed by atoms with Gasteiger partial charge in [0.15, 0.2) is 23.4 Å². The topological polar surface area (TPSA) is 461 Å². The summed E-state index contributed by atoms with van der Waals surface area (Å²) >= 11 is 0. The van der Waals surface area contributed by atoms with Crippen molar-refractivity contribution in [3.05, 3.63) is 82.6 Å². The first-order valence-electron chi connectivity index (χ1n) is 39.7. The summed E-state index contributed by atoms with van der Waals surface area (Å²) in [6.07, 6.45) is 24.9. The molecule has 4 amide bonds. The summed E-state index contributed by atoms with van der Waals surface area (Å²) in [5.41, 5.74) is 18.9. The molecule has 108 heavy (non-hydrogen) atoms. The number of hydrogen-bond acceptors (Lipinski definition) is 18. The second-order valence-electron chi connectivity index (χ2n) is 29.5. The number of amides is 4. The SMILES string of the molecule is C=C(C)[NH2+]CC(=O)CCC[NH2+][C@@H](CC[NH2+]CCN)C(=O)C[C@@H](C)CC1CNc2cc(C)ccc21.CC(=O)NCC[C@@H](NC(=O)CCCC(=O)[O-])C(=O)[O-].CC(=O)N[C@H](CC1=CCc2cc(C)ccc21)C(=O)CCCC[C@@H](NC(=O)CCC(=O)[O-])C(=O)[O-].CCCCCCCCCC(=O)CCCCCCC[C@@H](C)[NH3+]. The van der Waals surface area contributed by atoms with Crippen LogP contribution in [0.2, 0.25) is 0 Å². The third kappa shape index (κ3) is 49.1. The van der Waals surface area contributed by atoms with Gasteiger partial charge in [-0.1, -0.05) is 120 Å². The molecule has 26 heteroatoms. The number of carboxylic acids is 4. The van der Waals surface area contributed by atoms with Crippen LogP contribution in [0.1, 0.15) is 274 Å². The number of nitrogens with one attached hydrogen (secondary N) is 5. The maximum Gasteiger partial charge on any atom is 0.220 e. The third-order valence-electron chi connectivity index (χ3n) is 18.8. The Morgan fingerprint density at radius 3 is 1.79 bits per heavy atom. The summed E-state index contributed by atoms with van der Waals surface area (Å²) in [5.74, 6) is -5.80. The van der Waals surface area contributed by atoms with E-state index in [0.29, 0.717) is 74.6 Å². The molecule has 4 rings (SSSR count). The normalized spacial score (nSPS) is 14.0. The molecule has 7 atom stereocenters. The van der Waals surface area contributed by atoms with Crippen molar-refractivity contribution in [2.45, 2.75) is 297 Å². The van der Waals surface area contributed by atoms with Crippen molar-refractivity contribution in [1.29, 1.82) is 0 Å². The van der Waals surface area contributed by atoms with Crippen LogP contribution in [-0.4, -0.2) is 147 Å². The molecule has 1 unspecified atom stereocenters. The van der Waals surface area contributed by atoms with E-state index < -0.39 is 60.2 Å². The second kappa shape index (κ2) is 58.9. The summed E-state index contributed by atoms with van der Waals surface area (Å²) in [6, 6.07) is 10.2. The standard InChI is InChI=1S/C27H45N5O2.C25H32N2O7.C19H39NO.C11H18N2O6/c1-19(2)31-18-23(33)6-5-11-30-25(9-12-29-13-10-28)27(34)16-21(4)14-22-17-32-26-15-20(3)7-8-24(22)26;1-15-7-10-19-17(13-15)8-9-18(19)14-21(26-16(2)28)22(29)6-4-3-5-20(25(33)34)27-23(30)11-12-24(31)32;1-3-4-5-6-7-10-13-16-19(21)17-14-11-8-9-12-15-18(2)20;1-7(14)12-6-5-8(11(18)19)13-9(15)3-2-4-10(16)17/h7-8,15,21-22,25,29-32H,1,5-6,9-14,16-18,28H2,2-4H3;7,9-10,13,20-21H,3-6,8,11-12,14H2,1-2H3,(H,26,28)(H,27,30)(H,31,32)(H,33,34);18H,3-17,20H2,1-2H3;8H,2-6H2,1H3,(H,12,14)(H,13,15)(H,16,17)(H,18,19)/t21-,22?,25-;20-,21-;18-;8-/m0111/s1. The number of Topliss-reactive ketones (excluding diaryl/α,β-unsaturated/α-hetero) is 4. The highest BCUT2D eigenvalue weighted by Gasteiger charge is 2.29. The molecule has 0 saturated carbocycles. The Hall–Kier alpha value is -8.04. The van der Waals surface area contributed by atoms with Crippen LogP contribution in [0.4, 0.5) is 5.69 Å². The van der Waals surface area contributed by atoms with Gasteiger partial charge in [-0.25, -0.2) is 0 Å². The monoisotopic (exact) mass is 1510 g/mol. The molecule has 16 N–H and O–H groups in total. The summed E-state index contributed by atoms with van der Waals surface area (Å²) in [7, 11) is 0. The van der Waals surface area contributed by atoms with Crippen LogP contribution in [0.5, 0.6) is 0 Å². The fourth-order valence-corrected chi connectivity index (χ4v) is 12.8. The number of aryl methyl sites for hydroxylation is 2. The van der Waals surface area contributed by atoms with Gasteiger partial charge in [0, 0.05) is 122 Å². The van der Waals surface area contributed by atoms with Gasteiger partial charge in [0.25, 0.3) is 0 Å². The van der Waals surface area contributed by atoms with E-state index in [4.69, 9.17) is 5.73 Å². The number of carbonyl (C=O) groups excluding carboxylic acids is 12. The number of fused-ring (bicyclic) bond motifs is 2. The smallest absolute Gasteiger partial charge is 0.220 e. The van der Waals surface area contributed by atoms with E-state index in [0.717, 1.165) is 99.9 Å². The van der Waals surface area contributed by atoms with Crippen molar-refractivity contribution in [2.75, 3.05) is 51.1 Å². The van der Waals surface area contributed by atoms with Gasteiger partial charge in [-0.15, -0.1) is 0 Å². The van der Waals surface area contributed by atoms with Crippen LogP contribution in [0, 0.1) is 19.8 Å². The Labute approximate surface area is 642 Å². The minimum absolute atomic E-state index is 0.00581. The van der Waals surface area contributed by atoms with Crippen LogP contribution in [0.15, 0.2) is 54.8 Å². The zero-order valence-electron chi connectivity index (χ0n) is 66.4. The maximum absolute atomic E-state index is 13.2. The summed E-state index contributed by atoms with van der Waals surface area (Å²) in [4.78, 5) is 138. The number of allylic oxidation sites excluding steroid dienone is 2. The highest BCUT2D eigenvalue weighted by atomic mass is 16.4. The van der Waals surface area contributed by atoms with E-state index in [9.17, 15) is 78.0 Å². The van der Waals surface area contributed by atoms with Crippen molar-refractivity contribution in [3.8, 4) is 0 Å². The summed E-state index contributed by atoms with van der Waals surface area (Å²) in [5, 5.41) is 61.9. The molecule has 2 aromatic carbocycles. The van der Waals surface area contributed by atoms with E-state index in [-0.39, 0.29) is 80.9 Å². The molecule has 26 nitrogen and oxygen atoms in total. The average Bonchev–Trinajstić information content (AvgIpc) is 1.66. The minimum Gasteiger partial charge on any atom is -0.550 e. The molecule has 0 aromatic heterocycles. The minimum atomic E-state index is -1.48. The molecule has 608 valence electrons. The Balaban J connectivity index is 0.000000744. The molecule has 1 aliphatic heterocycles. The Bertz CT molecular complexity index is 3140. The molecule has 0 bridgehead atoms. The Morgan fingerprint density at radius 1 is 0.602 bits per heavy atom. The van der Waals surface area contributed by atoms with Gasteiger partial charge in [0.2, 0.25) is 23.6 Å². The molecular formula is C82H134N10O16. The number of quaternary nitrogens is 4. The lowest BCUT2D eigenvalue weighted by Crippen LogP contribution is -2.94. The van der Waals surface area contributed by atoms with Crippen LogP contribution in [0.3, 0.4) is 0 Å². The zero-order chi connectivity index (χ0) is 80.8. The number of benzene rings is 2. The van der Waals surface area contributed by atoms with Gasteiger partial charge in [-0.05, 0) is 144 Å². The van der Waals surface area contributed by atoms with Gasteiger partial charge in [0.05, 0.1) is 67.9 Å². The number of hydrogen-bond donors (Lipinski definition) is 10. The molecule has 2 aromatic rings.